The number of anilines is 3. The second-order valence-electron chi connectivity index (χ2n) is 6.74. The van der Waals surface area contributed by atoms with Crippen molar-refractivity contribution in [3.63, 3.8) is 0 Å². The number of hydrogen-bond acceptors (Lipinski definition) is 5. The molecule has 3 rings (SSSR count). The summed E-state index contributed by atoms with van der Waals surface area (Å²) in [5.41, 5.74) is 3.50. The van der Waals surface area contributed by atoms with Crippen LogP contribution in [0.25, 0.3) is 0 Å². The number of para-hydroxylation sites is 1. The summed E-state index contributed by atoms with van der Waals surface area (Å²) >= 11 is 0. The Morgan fingerprint density at radius 1 is 0.929 bits per heavy atom. The van der Waals surface area contributed by atoms with Crippen LogP contribution >= 0.6 is 0 Å². The van der Waals surface area contributed by atoms with Crippen molar-refractivity contribution in [2.75, 3.05) is 10.6 Å². The Bertz CT molecular complexity index is 980. The molecule has 0 radical (unpaired) electrons. The van der Waals surface area contributed by atoms with E-state index >= 15 is 0 Å². The van der Waals surface area contributed by atoms with Gasteiger partial charge in [0.15, 0.2) is 5.78 Å². The predicted octanol–water partition coefficient (Wildman–Crippen LogP) is 4.80. The molecule has 0 aliphatic heterocycles. The number of hydrogen-bond donors (Lipinski definition) is 2. The lowest BCUT2D eigenvalue weighted by molar-refractivity contribution is 0.101. The number of carbonyl (C=O) groups is 2. The molecule has 0 bridgehead atoms. The number of rotatable bonds is 6. The second-order valence-corrected chi connectivity index (χ2v) is 6.74. The van der Waals surface area contributed by atoms with E-state index in [1.54, 1.807) is 24.3 Å². The van der Waals surface area contributed by atoms with Gasteiger partial charge in [0.05, 0.1) is 12.4 Å². The lowest BCUT2D eigenvalue weighted by Crippen LogP contribution is -2.15. The zero-order chi connectivity index (χ0) is 20.1. The smallest absolute Gasteiger partial charge is 0.275 e. The summed E-state index contributed by atoms with van der Waals surface area (Å²) in [6.07, 6.45) is 2.93. The molecule has 3 aromatic rings. The minimum atomic E-state index is -0.307. The average Bonchev–Trinajstić information content (AvgIpc) is 2.69. The highest BCUT2D eigenvalue weighted by Gasteiger charge is 2.12. The maximum Gasteiger partial charge on any atom is 0.275 e. The molecule has 6 nitrogen and oxygen atoms in total. The highest BCUT2D eigenvalue weighted by molar-refractivity contribution is 6.03. The average molecular weight is 374 g/mol. The standard InChI is InChI=1S/C22H22N4O2/c1-14(2)18-6-4-5-7-19(18)26-22(28)20-12-24-21(13-23-20)25-17-10-8-16(9-11-17)15(3)27/h4-14H,1-3H3,(H,24,25)(H,26,28). The van der Waals surface area contributed by atoms with Gasteiger partial charge in [-0.2, -0.15) is 0 Å². The van der Waals surface area contributed by atoms with Crippen LogP contribution in [0.3, 0.4) is 0 Å². The maximum atomic E-state index is 12.5. The van der Waals surface area contributed by atoms with E-state index in [4.69, 9.17) is 0 Å². The van der Waals surface area contributed by atoms with E-state index in [-0.39, 0.29) is 17.4 Å². The fourth-order valence-electron chi connectivity index (χ4n) is 2.75. The monoisotopic (exact) mass is 374 g/mol. The number of amides is 1. The molecule has 0 fully saturated rings. The van der Waals surface area contributed by atoms with Crippen LogP contribution in [0.5, 0.6) is 0 Å². The Kier molecular flexibility index (Phi) is 5.79. The molecule has 1 heterocycles. The van der Waals surface area contributed by atoms with Crippen LogP contribution in [0, 0.1) is 0 Å². The summed E-state index contributed by atoms with van der Waals surface area (Å²) in [5, 5.41) is 5.99. The number of ketones is 1. The van der Waals surface area contributed by atoms with Gasteiger partial charge in [-0.15, -0.1) is 0 Å². The predicted molar refractivity (Wildman–Crippen MR) is 110 cm³/mol. The molecular formula is C22H22N4O2. The summed E-state index contributed by atoms with van der Waals surface area (Å²) in [7, 11) is 0. The third-order valence-electron chi connectivity index (χ3n) is 4.28. The quantitative estimate of drug-likeness (QED) is 0.606. The van der Waals surface area contributed by atoms with E-state index in [1.807, 2.05) is 24.3 Å². The normalized spacial score (nSPS) is 10.6. The van der Waals surface area contributed by atoms with E-state index in [1.165, 1.54) is 19.3 Å². The van der Waals surface area contributed by atoms with Crippen molar-refractivity contribution in [3.8, 4) is 0 Å². The van der Waals surface area contributed by atoms with Crippen molar-refractivity contribution >= 4 is 28.9 Å². The highest BCUT2D eigenvalue weighted by atomic mass is 16.2. The summed E-state index contributed by atoms with van der Waals surface area (Å²) in [6.45, 7) is 5.68. The Morgan fingerprint density at radius 2 is 1.64 bits per heavy atom. The summed E-state index contributed by atoms with van der Waals surface area (Å²) in [4.78, 5) is 32.3. The van der Waals surface area contributed by atoms with Crippen molar-refractivity contribution in [1.82, 2.24) is 9.97 Å². The lowest BCUT2D eigenvalue weighted by Gasteiger charge is -2.13. The first-order valence-electron chi connectivity index (χ1n) is 9.04. The van der Waals surface area contributed by atoms with Crippen LogP contribution in [-0.4, -0.2) is 21.7 Å². The molecule has 142 valence electrons. The van der Waals surface area contributed by atoms with Crippen LogP contribution in [0.1, 0.15) is 53.1 Å². The minimum absolute atomic E-state index is 0.0146. The first-order chi connectivity index (χ1) is 13.4. The zero-order valence-electron chi connectivity index (χ0n) is 16.1. The molecule has 28 heavy (non-hydrogen) atoms. The maximum absolute atomic E-state index is 12.5. The molecule has 0 saturated heterocycles. The van der Waals surface area contributed by atoms with Crippen LogP contribution < -0.4 is 10.6 Å². The molecule has 0 spiro atoms. The van der Waals surface area contributed by atoms with E-state index < -0.39 is 0 Å². The van der Waals surface area contributed by atoms with Crippen LogP contribution in [0.4, 0.5) is 17.2 Å². The number of nitrogens with one attached hydrogen (secondary N) is 2. The molecule has 2 N–H and O–H groups in total. The van der Waals surface area contributed by atoms with Crippen molar-refractivity contribution in [2.24, 2.45) is 0 Å². The number of benzene rings is 2. The molecule has 2 aromatic carbocycles. The van der Waals surface area contributed by atoms with Gasteiger partial charge in [0.1, 0.15) is 11.5 Å². The van der Waals surface area contributed by atoms with Gasteiger partial charge in [-0.3, -0.25) is 9.59 Å². The van der Waals surface area contributed by atoms with Gasteiger partial charge in [-0.1, -0.05) is 32.0 Å². The molecule has 0 unspecified atom stereocenters. The molecule has 0 aliphatic rings. The van der Waals surface area contributed by atoms with Crippen LogP contribution in [0.2, 0.25) is 0 Å². The molecule has 0 atom stereocenters. The number of aromatic nitrogens is 2. The molecule has 0 saturated carbocycles. The molecule has 6 heteroatoms. The van der Waals surface area contributed by atoms with E-state index in [2.05, 4.69) is 34.4 Å². The first kappa shape index (κ1) is 19.2. The molecule has 0 aliphatic carbocycles. The Morgan fingerprint density at radius 3 is 2.25 bits per heavy atom. The summed E-state index contributed by atoms with van der Waals surface area (Å²) < 4.78 is 0. The zero-order valence-corrected chi connectivity index (χ0v) is 16.1. The van der Waals surface area contributed by atoms with Crippen molar-refractivity contribution < 1.29 is 9.59 Å². The Labute approximate surface area is 164 Å². The number of Topliss-reactive ketones (excluding diaryl/α,β-unsaturated/α-hetero) is 1. The highest BCUT2D eigenvalue weighted by Crippen LogP contribution is 2.24. The minimum Gasteiger partial charge on any atom is -0.339 e. The van der Waals surface area contributed by atoms with Gasteiger partial charge in [0.2, 0.25) is 0 Å². The largest absolute Gasteiger partial charge is 0.339 e. The van der Waals surface area contributed by atoms with Gasteiger partial charge >= 0.3 is 0 Å². The summed E-state index contributed by atoms with van der Waals surface area (Å²) in [5.74, 6) is 0.511. The fourth-order valence-corrected chi connectivity index (χ4v) is 2.75. The fraction of sp³-hybridized carbons (Fsp3) is 0.182. The van der Waals surface area contributed by atoms with Crippen molar-refractivity contribution in [1.29, 1.82) is 0 Å². The molecule has 1 amide bonds. The third kappa shape index (κ3) is 4.59. The van der Waals surface area contributed by atoms with E-state index in [9.17, 15) is 9.59 Å². The number of nitrogens with zero attached hydrogens (tertiary/aromatic N) is 2. The van der Waals surface area contributed by atoms with Crippen molar-refractivity contribution in [3.05, 3.63) is 77.7 Å². The molecule has 1 aromatic heterocycles. The summed E-state index contributed by atoms with van der Waals surface area (Å²) in [6, 6.07) is 14.8. The molecular weight excluding hydrogens is 352 g/mol. The van der Waals surface area contributed by atoms with Gasteiger partial charge < -0.3 is 10.6 Å². The van der Waals surface area contributed by atoms with Crippen molar-refractivity contribution in [2.45, 2.75) is 26.7 Å². The van der Waals surface area contributed by atoms with E-state index in [0.29, 0.717) is 17.3 Å². The van der Waals surface area contributed by atoms with Crippen LogP contribution in [0.15, 0.2) is 60.9 Å². The second kappa shape index (κ2) is 8.43. The van der Waals surface area contributed by atoms with E-state index in [0.717, 1.165) is 16.9 Å². The Balaban J connectivity index is 1.68. The van der Waals surface area contributed by atoms with Gasteiger partial charge in [0, 0.05) is 16.9 Å². The lowest BCUT2D eigenvalue weighted by atomic mass is 10.0. The first-order valence-corrected chi connectivity index (χ1v) is 9.04. The topological polar surface area (TPSA) is 84.0 Å². The van der Waals surface area contributed by atoms with Crippen LogP contribution in [-0.2, 0) is 0 Å². The third-order valence-corrected chi connectivity index (χ3v) is 4.28. The van der Waals surface area contributed by atoms with Gasteiger partial charge in [-0.05, 0) is 48.7 Å². The SMILES string of the molecule is CC(=O)c1ccc(Nc2cnc(C(=O)Nc3ccccc3C(C)C)cn2)cc1. The number of carbonyl (C=O) groups excluding carboxylic acids is 2. The van der Waals surface area contributed by atoms with Gasteiger partial charge in [0.25, 0.3) is 5.91 Å². The Hall–Kier alpha value is -3.54. The van der Waals surface area contributed by atoms with Gasteiger partial charge in [-0.25, -0.2) is 9.97 Å².